The lowest BCUT2D eigenvalue weighted by Gasteiger charge is -2.47. The van der Waals surface area contributed by atoms with Gasteiger partial charge >= 0.3 is 0 Å². The normalized spacial score (nSPS) is 23.7. The van der Waals surface area contributed by atoms with E-state index in [1.165, 1.54) is 0 Å². The molecule has 0 spiro atoms. The van der Waals surface area contributed by atoms with Crippen molar-refractivity contribution in [3.8, 4) is 11.5 Å². The average Bonchev–Trinajstić information content (AvgIpc) is 3.11. The fourth-order valence-electron chi connectivity index (χ4n) is 4.34. The number of piperidine rings is 2. The molecule has 148 valence electrons. The minimum Gasteiger partial charge on any atom is -0.454 e. The summed E-state index contributed by atoms with van der Waals surface area (Å²) in [6.45, 7) is 2.76. The van der Waals surface area contributed by atoms with E-state index in [-0.39, 0.29) is 37.1 Å². The highest BCUT2D eigenvalue weighted by molar-refractivity contribution is 5.85. The summed E-state index contributed by atoms with van der Waals surface area (Å²) in [5.74, 6) is 2.13. The SMILES string of the molecule is Cl.NCCN1C(=O)CC[C@H]2CN(C(=O)Cc3ccc4c(c3)OCO4)CC[C@H]21. The first-order chi connectivity index (χ1) is 12.7. The molecule has 3 heterocycles. The predicted molar refractivity (Wildman–Crippen MR) is 102 cm³/mol. The van der Waals surface area contributed by atoms with Crippen molar-refractivity contribution in [2.45, 2.75) is 31.7 Å². The highest BCUT2D eigenvalue weighted by Gasteiger charge is 2.39. The molecule has 0 aliphatic carbocycles. The first-order valence-electron chi connectivity index (χ1n) is 9.31. The van der Waals surface area contributed by atoms with Gasteiger partial charge in [-0.25, -0.2) is 0 Å². The molecule has 3 aliphatic rings. The topological polar surface area (TPSA) is 85.1 Å². The number of rotatable bonds is 4. The minimum atomic E-state index is 0. The maximum absolute atomic E-state index is 12.8. The molecule has 2 atom stereocenters. The smallest absolute Gasteiger partial charge is 0.231 e. The number of amides is 2. The first kappa shape index (κ1) is 19.8. The van der Waals surface area contributed by atoms with Crippen LogP contribution in [0.5, 0.6) is 11.5 Å². The molecule has 0 aromatic heterocycles. The van der Waals surface area contributed by atoms with Crippen molar-refractivity contribution in [3.05, 3.63) is 23.8 Å². The van der Waals surface area contributed by atoms with Gasteiger partial charge in [-0.3, -0.25) is 9.59 Å². The lowest BCUT2D eigenvalue weighted by atomic mass is 9.83. The van der Waals surface area contributed by atoms with E-state index in [1.54, 1.807) is 0 Å². The number of benzene rings is 1. The van der Waals surface area contributed by atoms with Crippen LogP contribution in [-0.2, 0) is 16.0 Å². The molecular formula is C19H26ClN3O4. The van der Waals surface area contributed by atoms with Gasteiger partial charge in [-0.15, -0.1) is 12.4 Å². The standard InChI is InChI=1S/C19H25N3O4.ClH/c20-6-8-22-15-5-7-21(11-14(15)2-4-18(22)23)19(24)10-13-1-3-16-17(9-13)26-12-25-16;/h1,3,9,14-15H,2,4-8,10-12,20H2;1H/t14-,15+;/m0./s1. The Balaban J connectivity index is 0.00000210. The number of carbonyl (C=O) groups excluding carboxylic acids is 2. The zero-order valence-corrected chi connectivity index (χ0v) is 16.1. The van der Waals surface area contributed by atoms with Crippen LogP contribution in [0.1, 0.15) is 24.8 Å². The van der Waals surface area contributed by atoms with E-state index in [9.17, 15) is 9.59 Å². The molecule has 0 radical (unpaired) electrons. The van der Waals surface area contributed by atoms with E-state index >= 15 is 0 Å². The van der Waals surface area contributed by atoms with Crippen LogP contribution in [0, 0.1) is 5.92 Å². The van der Waals surface area contributed by atoms with E-state index in [4.69, 9.17) is 15.2 Å². The van der Waals surface area contributed by atoms with Crippen molar-refractivity contribution in [1.29, 1.82) is 0 Å². The van der Waals surface area contributed by atoms with Crippen LogP contribution >= 0.6 is 12.4 Å². The summed E-state index contributed by atoms with van der Waals surface area (Å²) in [6, 6.07) is 5.89. The highest BCUT2D eigenvalue weighted by Crippen LogP contribution is 2.34. The third-order valence-corrected chi connectivity index (χ3v) is 5.66. The molecule has 2 amide bonds. The van der Waals surface area contributed by atoms with Crippen LogP contribution in [0.15, 0.2) is 18.2 Å². The molecule has 1 aromatic carbocycles. The third kappa shape index (κ3) is 3.99. The molecule has 3 aliphatic heterocycles. The average molecular weight is 396 g/mol. The number of hydrogen-bond donors (Lipinski definition) is 1. The Hall–Kier alpha value is -1.99. The Morgan fingerprint density at radius 1 is 1.22 bits per heavy atom. The van der Waals surface area contributed by atoms with E-state index < -0.39 is 0 Å². The number of nitrogens with two attached hydrogens (primary N) is 1. The van der Waals surface area contributed by atoms with Crippen LogP contribution in [0.3, 0.4) is 0 Å². The molecular weight excluding hydrogens is 370 g/mol. The van der Waals surface area contributed by atoms with Crippen LogP contribution < -0.4 is 15.2 Å². The molecule has 1 aromatic rings. The van der Waals surface area contributed by atoms with Gasteiger partial charge in [0.2, 0.25) is 18.6 Å². The van der Waals surface area contributed by atoms with Gasteiger partial charge in [0, 0.05) is 38.6 Å². The maximum atomic E-state index is 12.8. The van der Waals surface area contributed by atoms with Crippen molar-refractivity contribution < 1.29 is 19.1 Å². The molecule has 0 unspecified atom stereocenters. The number of fused-ring (bicyclic) bond motifs is 2. The van der Waals surface area contributed by atoms with Crippen molar-refractivity contribution in [2.75, 3.05) is 33.0 Å². The molecule has 2 saturated heterocycles. The van der Waals surface area contributed by atoms with Crippen LogP contribution in [0.4, 0.5) is 0 Å². The fourth-order valence-corrected chi connectivity index (χ4v) is 4.34. The molecule has 8 heteroatoms. The second-order valence-corrected chi connectivity index (χ2v) is 7.23. The van der Waals surface area contributed by atoms with Crippen molar-refractivity contribution in [2.24, 2.45) is 11.7 Å². The Morgan fingerprint density at radius 2 is 2.04 bits per heavy atom. The first-order valence-corrected chi connectivity index (χ1v) is 9.31. The molecule has 2 N–H and O–H groups in total. The Bertz CT molecular complexity index is 714. The number of carbonyl (C=O) groups is 2. The van der Waals surface area contributed by atoms with E-state index in [0.29, 0.717) is 44.1 Å². The summed E-state index contributed by atoms with van der Waals surface area (Å²) in [7, 11) is 0. The maximum Gasteiger partial charge on any atom is 0.231 e. The number of nitrogens with zero attached hydrogens (tertiary/aromatic N) is 2. The summed E-state index contributed by atoms with van der Waals surface area (Å²) in [6.07, 6.45) is 2.62. The van der Waals surface area contributed by atoms with Crippen molar-refractivity contribution in [1.82, 2.24) is 9.80 Å². The number of hydrogen-bond acceptors (Lipinski definition) is 5. The third-order valence-electron chi connectivity index (χ3n) is 5.66. The molecule has 27 heavy (non-hydrogen) atoms. The van der Waals surface area contributed by atoms with Gasteiger partial charge < -0.3 is 25.0 Å². The summed E-state index contributed by atoms with van der Waals surface area (Å²) >= 11 is 0. The van der Waals surface area contributed by atoms with Gasteiger partial charge in [-0.1, -0.05) is 6.07 Å². The lowest BCUT2D eigenvalue weighted by molar-refractivity contribution is -0.143. The van der Waals surface area contributed by atoms with Crippen LogP contribution in [0.2, 0.25) is 0 Å². The van der Waals surface area contributed by atoms with Gasteiger partial charge in [-0.05, 0) is 36.5 Å². The monoisotopic (exact) mass is 395 g/mol. The molecule has 2 fully saturated rings. The molecule has 0 saturated carbocycles. The second kappa shape index (κ2) is 8.35. The van der Waals surface area contributed by atoms with Crippen LogP contribution in [0.25, 0.3) is 0 Å². The zero-order chi connectivity index (χ0) is 18.1. The number of ether oxygens (including phenoxy) is 2. The van der Waals surface area contributed by atoms with Gasteiger partial charge in [-0.2, -0.15) is 0 Å². The summed E-state index contributed by atoms with van der Waals surface area (Å²) < 4.78 is 10.7. The van der Waals surface area contributed by atoms with Crippen molar-refractivity contribution >= 4 is 24.2 Å². The lowest BCUT2D eigenvalue weighted by Crippen LogP contribution is -2.57. The fraction of sp³-hybridized carbons (Fsp3) is 0.579. The largest absolute Gasteiger partial charge is 0.454 e. The summed E-state index contributed by atoms with van der Waals surface area (Å²) in [5, 5.41) is 0. The quantitative estimate of drug-likeness (QED) is 0.827. The van der Waals surface area contributed by atoms with Gasteiger partial charge in [0.25, 0.3) is 0 Å². The summed E-state index contributed by atoms with van der Waals surface area (Å²) in [4.78, 5) is 28.8. The van der Waals surface area contributed by atoms with Gasteiger partial charge in [0.1, 0.15) is 0 Å². The van der Waals surface area contributed by atoms with E-state index in [2.05, 4.69) is 0 Å². The zero-order valence-electron chi connectivity index (χ0n) is 15.3. The summed E-state index contributed by atoms with van der Waals surface area (Å²) in [5.41, 5.74) is 6.60. The Kier molecular flexibility index (Phi) is 6.11. The number of halogens is 1. The molecule has 4 rings (SSSR count). The Labute approximate surface area is 165 Å². The van der Waals surface area contributed by atoms with Gasteiger partial charge in [0.05, 0.1) is 6.42 Å². The molecule has 0 bridgehead atoms. The predicted octanol–water partition coefficient (Wildman–Crippen LogP) is 1.18. The second-order valence-electron chi connectivity index (χ2n) is 7.23. The highest BCUT2D eigenvalue weighted by atomic mass is 35.5. The minimum absolute atomic E-state index is 0. The van der Waals surface area contributed by atoms with Crippen LogP contribution in [-0.4, -0.2) is 60.6 Å². The Morgan fingerprint density at radius 3 is 2.85 bits per heavy atom. The van der Waals surface area contributed by atoms with Crippen molar-refractivity contribution in [3.63, 3.8) is 0 Å². The van der Waals surface area contributed by atoms with E-state index in [0.717, 1.165) is 30.7 Å². The van der Waals surface area contributed by atoms with E-state index in [1.807, 2.05) is 28.0 Å². The van der Waals surface area contributed by atoms with Gasteiger partial charge in [0.15, 0.2) is 11.5 Å². The molecule has 7 nitrogen and oxygen atoms in total. The number of likely N-dealkylation sites (tertiary alicyclic amines) is 2.